The number of carbonyl (C=O) groups excluding carboxylic acids is 2. The highest BCUT2D eigenvalue weighted by molar-refractivity contribution is 5.95. The summed E-state index contributed by atoms with van der Waals surface area (Å²) in [6, 6.07) is 4.35. The number of rotatable bonds is 5. The molecule has 2 unspecified atom stereocenters. The zero-order valence-corrected chi connectivity index (χ0v) is 9.96. The Morgan fingerprint density at radius 2 is 1.94 bits per heavy atom. The number of hydrogen-bond acceptors (Lipinski definition) is 5. The third-order valence-electron chi connectivity index (χ3n) is 2.59. The predicted molar refractivity (Wildman–Crippen MR) is 65.6 cm³/mol. The highest BCUT2D eigenvalue weighted by Crippen LogP contribution is 2.25. The molecule has 0 bridgehead atoms. The number of carbonyl (C=O) groups is 2. The van der Waals surface area contributed by atoms with Crippen LogP contribution in [0.5, 0.6) is 0 Å². The number of aliphatic hydroxyl groups excluding tert-OH is 2. The van der Waals surface area contributed by atoms with Gasteiger partial charge in [-0.3, -0.25) is 9.59 Å². The van der Waals surface area contributed by atoms with Crippen LogP contribution in [0.3, 0.4) is 0 Å². The highest BCUT2D eigenvalue weighted by Gasteiger charge is 2.22. The average Bonchev–Trinajstić information content (AvgIpc) is 2.26. The van der Waals surface area contributed by atoms with Crippen molar-refractivity contribution in [1.29, 1.82) is 0 Å². The van der Waals surface area contributed by atoms with E-state index in [2.05, 4.69) is 0 Å². The Morgan fingerprint density at radius 3 is 2.39 bits per heavy atom. The lowest BCUT2D eigenvalue weighted by molar-refractivity contribution is -0.121. The van der Waals surface area contributed by atoms with Crippen LogP contribution in [-0.4, -0.2) is 28.0 Å². The van der Waals surface area contributed by atoms with Gasteiger partial charge in [0.05, 0.1) is 12.5 Å². The SMILES string of the molecule is CC(=O)c1ccc(C(O)C(O)CC(N)=O)c(N)c1. The van der Waals surface area contributed by atoms with E-state index >= 15 is 0 Å². The average molecular weight is 252 g/mol. The molecule has 0 aliphatic heterocycles. The summed E-state index contributed by atoms with van der Waals surface area (Å²) in [5.41, 5.74) is 11.5. The van der Waals surface area contributed by atoms with Gasteiger partial charge < -0.3 is 21.7 Å². The molecule has 0 saturated carbocycles. The van der Waals surface area contributed by atoms with E-state index in [1.807, 2.05) is 0 Å². The summed E-state index contributed by atoms with van der Waals surface area (Å²) in [7, 11) is 0. The van der Waals surface area contributed by atoms with Gasteiger partial charge in [0, 0.05) is 16.8 Å². The van der Waals surface area contributed by atoms with Crippen molar-refractivity contribution < 1.29 is 19.8 Å². The first-order valence-corrected chi connectivity index (χ1v) is 5.37. The fraction of sp³-hybridized carbons (Fsp3) is 0.333. The maximum absolute atomic E-state index is 11.1. The second-order valence-electron chi connectivity index (χ2n) is 4.08. The summed E-state index contributed by atoms with van der Waals surface area (Å²) in [5, 5.41) is 19.4. The van der Waals surface area contributed by atoms with Crippen molar-refractivity contribution in [1.82, 2.24) is 0 Å². The number of nitrogens with two attached hydrogens (primary N) is 2. The molecule has 0 aliphatic carbocycles. The minimum Gasteiger partial charge on any atom is -0.398 e. The second-order valence-corrected chi connectivity index (χ2v) is 4.08. The van der Waals surface area contributed by atoms with Gasteiger partial charge in [-0.15, -0.1) is 0 Å². The van der Waals surface area contributed by atoms with Crippen molar-refractivity contribution in [2.75, 3.05) is 5.73 Å². The van der Waals surface area contributed by atoms with E-state index < -0.39 is 18.1 Å². The summed E-state index contributed by atoms with van der Waals surface area (Å²) < 4.78 is 0. The number of Topliss-reactive ketones (excluding diaryl/α,β-unsaturated/α-hetero) is 1. The largest absolute Gasteiger partial charge is 0.398 e. The molecule has 0 aliphatic rings. The molecule has 0 aromatic heterocycles. The molecule has 6 heteroatoms. The van der Waals surface area contributed by atoms with Gasteiger partial charge in [0.2, 0.25) is 5.91 Å². The van der Waals surface area contributed by atoms with Gasteiger partial charge >= 0.3 is 0 Å². The monoisotopic (exact) mass is 252 g/mol. The lowest BCUT2D eigenvalue weighted by Gasteiger charge is -2.18. The first-order chi connectivity index (χ1) is 8.32. The third-order valence-corrected chi connectivity index (χ3v) is 2.59. The molecule has 0 spiro atoms. The van der Waals surface area contributed by atoms with Crippen LogP contribution in [0.15, 0.2) is 18.2 Å². The standard InChI is InChI=1S/C12H16N2O4/c1-6(15)7-2-3-8(9(13)4-7)12(18)10(16)5-11(14)17/h2-4,10,12,16,18H,5,13H2,1H3,(H2,14,17). The van der Waals surface area contributed by atoms with Crippen LogP contribution in [0.4, 0.5) is 5.69 Å². The van der Waals surface area contributed by atoms with Gasteiger partial charge in [0.15, 0.2) is 5.78 Å². The molecule has 6 N–H and O–H groups in total. The van der Waals surface area contributed by atoms with Crippen LogP contribution >= 0.6 is 0 Å². The number of nitrogen functional groups attached to an aromatic ring is 1. The van der Waals surface area contributed by atoms with Crippen molar-refractivity contribution in [2.24, 2.45) is 5.73 Å². The number of aliphatic hydroxyl groups is 2. The van der Waals surface area contributed by atoms with Crippen LogP contribution in [-0.2, 0) is 4.79 Å². The van der Waals surface area contributed by atoms with E-state index in [9.17, 15) is 19.8 Å². The van der Waals surface area contributed by atoms with E-state index in [1.165, 1.54) is 25.1 Å². The Morgan fingerprint density at radius 1 is 1.33 bits per heavy atom. The quantitative estimate of drug-likeness (QED) is 0.424. The maximum Gasteiger partial charge on any atom is 0.220 e. The number of amides is 1. The first kappa shape index (κ1) is 14.1. The summed E-state index contributed by atoms with van der Waals surface area (Å²) in [5.74, 6) is -0.874. The first-order valence-electron chi connectivity index (χ1n) is 5.37. The molecular formula is C12H16N2O4. The third kappa shape index (κ3) is 3.28. The summed E-state index contributed by atoms with van der Waals surface area (Å²) >= 11 is 0. The number of ketones is 1. The predicted octanol–water partition coefficient (Wildman–Crippen LogP) is -0.259. The van der Waals surface area contributed by atoms with E-state index in [0.29, 0.717) is 5.56 Å². The van der Waals surface area contributed by atoms with Gasteiger partial charge in [-0.25, -0.2) is 0 Å². The number of benzene rings is 1. The Kier molecular flexibility index (Phi) is 4.41. The van der Waals surface area contributed by atoms with Gasteiger partial charge in [-0.05, 0) is 13.0 Å². The van der Waals surface area contributed by atoms with E-state index in [1.54, 1.807) is 0 Å². The molecule has 0 heterocycles. The summed E-state index contributed by atoms with van der Waals surface area (Å²) in [6.07, 6.45) is -3.01. The molecule has 2 atom stereocenters. The summed E-state index contributed by atoms with van der Waals surface area (Å²) in [4.78, 5) is 21.8. The van der Waals surface area contributed by atoms with Crippen LogP contribution in [0.25, 0.3) is 0 Å². The lowest BCUT2D eigenvalue weighted by atomic mass is 9.98. The number of hydrogen-bond donors (Lipinski definition) is 4. The molecule has 1 aromatic rings. The minimum absolute atomic E-state index is 0.152. The molecule has 1 amide bonds. The highest BCUT2D eigenvalue weighted by atomic mass is 16.3. The normalized spacial score (nSPS) is 13.9. The smallest absolute Gasteiger partial charge is 0.220 e. The van der Waals surface area contributed by atoms with Crippen molar-refractivity contribution in [3.05, 3.63) is 29.3 Å². The molecule has 1 rings (SSSR count). The molecule has 1 aromatic carbocycles. The Hall–Kier alpha value is -1.92. The molecular weight excluding hydrogens is 236 g/mol. The zero-order valence-electron chi connectivity index (χ0n) is 9.96. The molecule has 0 saturated heterocycles. The molecule has 6 nitrogen and oxygen atoms in total. The van der Waals surface area contributed by atoms with Crippen molar-refractivity contribution in [3.63, 3.8) is 0 Å². The van der Waals surface area contributed by atoms with Crippen LogP contribution in [0.2, 0.25) is 0 Å². The van der Waals surface area contributed by atoms with Gasteiger partial charge in [0.25, 0.3) is 0 Å². The van der Waals surface area contributed by atoms with E-state index in [-0.39, 0.29) is 23.5 Å². The zero-order chi connectivity index (χ0) is 13.9. The van der Waals surface area contributed by atoms with Crippen molar-refractivity contribution >= 4 is 17.4 Å². The Labute approximate surface area is 104 Å². The van der Waals surface area contributed by atoms with E-state index in [4.69, 9.17) is 11.5 Å². The molecule has 0 radical (unpaired) electrons. The molecule has 18 heavy (non-hydrogen) atoms. The maximum atomic E-state index is 11.1. The van der Waals surface area contributed by atoms with Crippen LogP contribution < -0.4 is 11.5 Å². The molecule has 98 valence electrons. The topological polar surface area (TPSA) is 127 Å². The van der Waals surface area contributed by atoms with Crippen LogP contribution in [0, 0.1) is 0 Å². The van der Waals surface area contributed by atoms with Gasteiger partial charge in [0.1, 0.15) is 6.10 Å². The Bertz CT molecular complexity index is 473. The second kappa shape index (κ2) is 5.61. The number of anilines is 1. The van der Waals surface area contributed by atoms with Crippen molar-refractivity contribution in [3.8, 4) is 0 Å². The Balaban J connectivity index is 2.96. The van der Waals surface area contributed by atoms with Gasteiger partial charge in [-0.2, -0.15) is 0 Å². The van der Waals surface area contributed by atoms with Crippen LogP contribution in [0.1, 0.15) is 35.4 Å². The fourth-order valence-corrected chi connectivity index (χ4v) is 1.59. The lowest BCUT2D eigenvalue weighted by Crippen LogP contribution is -2.26. The molecule has 0 fully saturated rings. The fourth-order valence-electron chi connectivity index (χ4n) is 1.59. The minimum atomic E-state index is -1.33. The van der Waals surface area contributed by atoms with E-state index in [0.717, 1.165) is 0 Å². The number of primary amides is 1. The van der Waals surface area contributed by atoms with Crippen molar-refractivity contribution in [2.45, 2.75) is 25.6 Å². The summed E-state index contributed by atoms with van der Waals surface area (Å²) in [6.45, 7) is 1.40. The van der Waals surface area contributed by atoms with Gasteiger partial charge in [-0.1, -0.05) is 12.1 Å².